The molecule has 0 aromatic carbocycles. The topological polar surface area (TPSA) is 52.7 Å². The fourth-order valence-corrected chi connectivity index (χ4v) is 3.28. The van der Waals surface area contributed by atoms with E-state index in [1.165, 1.54) is 0 Å². The van der Waals surface area contributed by atoms with Crippen LogP contribution in [0.2, 0.25) is 0 Å². The zero-order valence-corrected chi connectivity index (χ0v) is 15.4. The van der Waals surface area contributed by atoms with Gasteiger partial charge in [0.2, 0.25) is 11.8 Å². The van der Waals surface area contributed by atoms with Crippen LogP contribution in [0.5, 0.6) is 0 Å². The first-order chi connectivity index (χ1) is 11.0. The Hall–Kier alpha value is -1.10. The molecule has 0 spiro atoms. The third-order valence-corrected chi connectivity index (χ3v) is 4.60. The molecule has 1 saturated carbocycles. The summed E-state index contributed by atoms with van der Waals surface area (Å²) in [6.45, 7) is 7.51. The highest BCUT2D eigenvalue weighted by Gasteiger charge is 2.31. The van der Waals surface area contributed by atoms with Crippen molar-refractivity contribution in [2.45, 2.75) is 52.4 Å². The van der Waals surface area contributed by atoms with E-state index in [2.05, 4.69) is 24.1 Å². The highest BCUT2D eigenvalue weighted by atomic mass is 16.2. The van der Waals surface area contributed by atoms with Crippen LogP contribution in [0.4, 0.5) is 0 Å². The van der Waals surface area contributed by atoms with Crippen LogP contribution in [0.3, 0.4) is 0 Å². The maximum Gasteiger partial charge on any atom is 0.225 e. The van der Waals surface area contributed by atoms with Crippen molar-refractivity contribution in [3.63, 3.8) is 0 Å². The molecule has 1 aliphatic carbocycles. The third kappa shape index (κ3) is 6.90. The maximum absolute atomic E-state index is 12.6. The van der Waals surface area contributed by atoms with Crippen molar-refractivity contribution in [3.8, 4) is 0 Å². The molecule has 5 heteroatoms. The van der Waals surface area contributed by atoms with Crippen LogP contribution >= 0.6 is 0 Å². The van der Waals surface area contributed by atoms with E-state index in [0.717, 1.165) is 58.2 Å². The lowest BCUT2D eigenvalue weighted by Crippen LogP contribution is -2.41. The zero-order chi connectivity index (χ0) is 17.2. The number of hydrogen-bond acceptors (Lipinski definition) is 3. The minimum Gasteiger partial charge on any atom is -0.355 e. The average molecular weight is 325 g/mol. The van der Waals surface area contributed by atoms with Crippen LogP contribution in [0.15, 0.2) is 0 Å². The van der Waals surface area contributed by atoms with Crippen molar-refractivity contribution in [1.29, 1.82) is 0 Å². The normalized spacial score (nSPS) is 21.3. The summed E-state index contributed by atoms with van der Waals surface area (Å²) in [7, 11) is 4.00. The van der Waals surface area contributed by atoms with E-state index in [0.29, 0.717) is 12.5 Å². The molecule has 0 bridgehead atoms. The standard InChI is InChI=1S/C18H35N3O2/c1-5-12-21(13-6-2)18(23)16-9-7-15(8-10-16)17(22)19-11-14-20(3)4/h15-16H,5-14H2,1-4H3,(H,19,22). The van der Waals surface area contributed by atoms with Gasteiger partial charge in [0.15, 0.2) is 0 Å². The summed E-state index contributed by atoms with van der Waals surface area (Å²) in [5.41, 5.74) is 0. The van der Waals surface area contributed by atoms with Crippen molar-refractivity contribution < 1.29 is 9.59 Å². The van der Waals surface area contributed by atoms with Crippen molar-refractivity contribution in [3.05, 3.63) is 0 Å². The number of carbonyl (C=O) groups excluding carboxylic acids is 2. The van der Waals surface area contributed by atoms with Gasteiger partial charge in [-0.2, -0.15) is 0 Å². The predicted molar refractivity (Wildman–Crippen MR) is 94.2 cm³/mol. The molecule has 1 rings (SSSR count). The molecule has 23 heavy (non-hydrogen) atoms. The SMILES string of the molecule is CCCN(CCC)C(=O)C1CCC(C(=O)NCCN(C)C)CC1. The molecule has 0 aromatic rings. The van der Waals surface area contributed by atoms with E-state index in [-0.39, 0.29) is 17.7 Å². The van der Waals surface area contributed by atoms with Gasteiger partial charge in [0.25, 0.3) is 0 Å². The summed E-state index contributed by atoms with van der Waals surface area (Å²) < 4.78 is 0. The molecule has 1 fully saturated rings. The van der Waals surface area contributed by atoms with Crippen molar-refractivity contribution in [2.24, 2.45) is 11.8 Å². The second-order valence-corrected chi connectivity index (χ2v) is 6.97. The monoisotopic (exact) mass is 325 g/mol. The molecule has 0 atom stereocenters. The molecule has 0 heterocycles. The molecule has 0 aliphatic heterocycles. The van der Waals surface area contributed by atoms with E-state index in [4.69, 9.17) is 0 Å². The third-order valence-electron chi connectivity index (χ3n) is 4.60. The lowest BCUT2D eigenvalue weighted by atomic mass is 9.81. The summed E-state index contributed by atoms with van der Waals surface area (Å²) in [5, 5.41) is 3.02. The Morgan fingerprint density at radius 3 is 1.91 bits per heavy atom. The van der Waals surface area contributed by atoms with Crippen LogP contribution in [0, 0.1) is 11.8 Å². The van der Waals surface area contributed by atoms with E-state index < -0.39 is 0 Å². The first-order valence-corrected chi connectivity index (χ1v) is 9.20. The number of rotatable bonds is 9. The van der Waals surface area contributed by atoms with Crippen molar-refractivity contribution in [2.75, 3.05) is 40.3 Å². The smallest absolute Gasteiger partial charge is 0.225 e. The Bertz CT molecular complexity index is 357. The van der Waals surface area contributed by atoms with Gasteiger partial charge in [0, 0.05) is 38.0 Å². The molecule has 134 valence electrons. The average Bonchev–Trinajstić information content (AvgIpc) is 2.53. The fourth-order valence-electron chi connectivity index (χ4n) is 3.28. The van der Waals surface area contributed by atoms with Gasteiger partial charge in [-0.1, -0.05) is 13.8 Å². The lowest BCUT2D eigenvalue weighted by Gasteiger charge is -2.31. The van der Waals surface area contributed by atoms with Gasteiger partial charge >= 0.3 is 0 Å². The van der Waals surface area contributed by atoms with E-state index in [1.54, 1.807) is 0 Å². The molecule has 0 saturated heterocycles. The molecule has 0 unspecified atom stereocenters. The zero-order valence-electron chi connectivity index (χ0n) is 15.4. The molecule has 0 aromatic heterocycles. The first-order valence-electron chi connectivity index (χ1n) is 9.20. The second kappa shape index (κ2) is 10.6. The Morgan fingerprint density at radius 2 is 1.43 bits per heavy atom. The van der Waals surface area contributed by atoms with Gasteiger partial charge in [0.1, 0.15) is 0 Å². The van der Waals surface area contributed by atoms with Gasteiger partial charge in [0.05, 0.1) is 0 Å². The number of likely N-dealkylation sites (N-methyl/N-ethyl adjacent to an activating group) is 1. The molecule has 2 amide bonds. The van der Waals surface area contributed by atoms with Gasteiger partial charge < -0.3 is 15.1 Å². The second-order valence-electron chi connectivity index (χ2n) is 6.97. The number of nitrogens with one attached hydrogen (secondary N) is 1. The number of carbonyl (C=O) groups is 2. The first kappa shape index (κ1) is 19.9. The summed E-state index contributed by atoms with van der Waals surface area (Å²) in [5.74, 6) is 0.683. The Morgan fingerprint density at radius 1 is 0.913 bits per heavy atom. The number of amides is 2. The molecular weight excluding hydrogens is 290 g/mol. The molecule has 0 radical (unpaired) electrons. The minimum absolute atomic E-state index is 0.0898. The summed E-state index contributed by atoms with van der Waals surface area (Å²) >= 11 is 0. The molecule has 5 nitrogen and oxygen atoms in total. The highest BCUT2D eigenvalue weighted by Crippen LogP contribution is 2.30. The Balaban J connectivity index is 2.38. The van der Waals surface area contributed by atoms with Gasteiger partial charge in [-0.3, -0.25) is 9.59 Å². The number of hydrogen-bond donors (Lipinski definition) is 1. The Kier molecular flexibility index (Phi) is 9.22. The van der Waals surface area contributed by atoms with Crippen LogP contribution in [-0.4, -0.2) is 61.9 Å². The van der Waals surface area contributed by atoms with E-state index >= 15 is 0 Å². The van der Waals surface area contributed by atoms with Crippen LogP contribution < -0.4 is 5.32 Å². The molecular formula is C18H35N3O2. The van der Waals surface area contributed by atoms with Crippen LogP contribution in [0.25, 0.3) is 0 Å². The highest BCUT2D eigenvalue weighted by molar-refractivity contribution is 5.81. The van der Waals surface area contributed by atoms with Crippen molar-refractivity contribution >= 4 is 11.8 Å². The number of nitrogens with zero attached hydrogens (tertiary/aromatic N) is 2. The van der Waals surface area contributed by atoms with Crippen LogP contribution in [0.1, 0.15) is 52.4 Å². The van der Waals surface area contributed by atoms with Crippen molar-refractivity contribution in [1.82, 2.24) is 15.1 Å². The largest absolute Gasteiger partial charge is 0.355 e. The summed E-state index contributed by atoms with van der Waals surface area (Å²) in [6.07, 6.45) is 5.42. The fraction of sp³-hybridized carbons (Fsp3) is 0.889. The maximum atomic E-state index is 12.6. The molecule has 1 aliphatic rings. The summed E-state index contributed by atoms with van der Waals surface area (Å²) in [6, 6.07) is 0. The predicted octanol–water partition coefficient (Wildman–Crippen LogP) is 2.12. The Labute approximate surface area is 141 Å². The lowest BCUT2D eigenvalue weighted by molar-refractivity contribution is -0.138. The van der Waals surface area contributed by atoms with Crippen LogP contribution in [-0.2, 0) is 9.59 Å². The quantitative estimate of drug-likeness (QED) is 0.706. The molecule has 1 N–H and O–H groups in total. The minimum atomic E-state index is 0.0898. The van der Waals surface area contributed by atoms with E-state index in [1.807, 2.05) is 19.0 Å². The summed E-state index contributed by atoms with van der Waals surface area (Å²) in [4.78, 5) is 28.9. The van der Waals surface area contributed by atoms with E-state index in [9.17, 15) is 9.59 Å². The van der Waals surface area contributed by atoms with Gasteiger partial charge in [-0.15, -0.1) is 0 Å². The van der Waals surface area contributed by atoms with Gasteiger partial charge in [-0.25, -0.2) is 0 Å². The van der Waals surface area contributed by atoms with Gasteiger partial charge in [-0.05, 0) is 52.6 Å².